The van der Waals surface area contributed by atoms with Gasteiger partial charge in [-0.3, -0.25) is 14.4 Å². The van der Waals surface area contributed by atoms with Gasteiger partial charge < -0.3 is 0 Å². The molecule has 0 bridgehead atoms. The molecule has 0 radical (unpaired) electrons. The zero-order chi connectivity index (χ0) is 21.3. The molecule has 0 amide bonds. The predicted molar refractivity (Wildman–Crippen MR) is 132 cm³/mol. The summed E-state index contributed by atoms with van der Waals surface area (Å²) in [4.78, 5) is 33.8. The van der Waals surface area contributed by atoms with Crippen LogP contribution in [0.5, 0.6) is 0 Å². The van der Waals surface area contributed by atoms with Crippen molar-refractivity contribution in [2.75, 3.05) is 28.8 Å². The topological polar surface area (TPSA) is 51.2 Å². The lowest BCUT2D eigenvalue weighted by Crippen LogP contribution is -2.25. The predicted octanol–water partition coefficient (Wildman–Crippen LogP) is 6.69. The van der Waals surface area contributed by atoms with E-state index in [-0.39, 0.29) is 20.8 Å². The van der Waals surface area contributed by atoms with Crippen LogP contribution in [0.15, 0.2) is 0 Å². The van der Waals surface area contributed by atoms with Gasteiger partial charge in [0.2, 0.25) is 0 Å². The van der Waals surface area contributed by atoms with Gasteiger partial charge >= 0.3 is 0 Å². The molecule has 0 N–H and O–H groups in total. The maximum absolute atomic E-state index is 11.3. The van der Waals surface area contributed by atoms with E-state index in [9.17, 15) is 14.4 Å². The maximum Gasteiger partial charge on any atom is 0.185 e. The van der Waals surface area contributed by atoms with Gasteiger partial charge in [-0.2, -0.15) is 11.8 Å². The van der Waals surface area contributed by atoms with Crippen molar-refractivity contribution in [2.24, 2.45) is 5.41 Å². The summed E-state index contributed by atoms with van der Waals surface area (Å²) >= 11 is 6.33. The van der Waals surface area contributed by atoms with Crippen LogP contribution in [0.25, 0.3) is 0 Å². The fourth-order valence-electron chi connectivity index (χ4n) is 3.12. The highest BCUT2D eigenvalue weighted by molar-refractivity contribution is 8.14. The Hall–Kier alpha value is 0.410. The first kappa shape index (κ1) is 28.4. The second-order valence-corrected chi connectivity index (χ2v) is 12.2. The first-order valence-electron chi connectivity index (χ1n) is 10.3. The minimum absolute atomic E-state index is 0.193. The van der Waals surface area contributed by atoms with E-state index in [4.69, 9.17) is 0 Å². The van der Waals surface area contributed by atoms with E-state index < -0.39 is 0 Å². The molecule has 3 nitrogen and oxygen atoms in total. The molecule has 0 spiro atoms. The average Bonchev–Trinajstić information content (AvgIpc) is 2.62. The van der Waals surface area contributed by atoms with Crippen molar-refractivity contribution in [3.05, 3.63) is 0 Å². The maximum atomic E-state index is 11.3. The van der Waals surface area contributed by atoms with Gasteiger partial charge in [0.05, 0.1) is 0 Å². The van der Waals surface area contributed by atoms with Crippen molar-refractivity contribution in [1.82, 2.24) is 0 Å². The minimum atomic E-state index is 0.193. The third-order valence-electron chi connectivity index (χ3n) is 4.52. The summed E-state index contributed by atoms with van der Waals surface area (Å²) in [5.41, 5.74) is 0.254. The molecule has 0 aromatic carbocycles. The van der Waals surface area contributed by atoms with Gasteiger partial charge in [-0.15, -0.1) is 0 Å². The van der Waals surface area contributed by atoms with Crippen LogP contribution in [-0.2, 0) is 14.4 Å². The van der Waals surface area contributed by atoms with Crippen LogP contribution in [-0.4, -0.2) is 44.1 Å². The van der Waals surface area contributed by atoms with E-state index in [1.807, 2.05) is 0 Å². The molecular weight excluding hydrogens is 428 g/mol. The van der Waals surface area contributed by atoms with Crippen LogP contribution >= 0.6 is 47.0 Å². The van der Waals surface area contributed by atoms with Gasteiger partial charge in [0, 0.05) is 38.0 Å². The van der Waals surface area contributed by atoms with Crippen molar-refractivity contribution < 1.29 is 14.4 Å². The van der Waals surface area contributed by atoms with Crippen LogP contribution in [0.1, 0.15) is 79.1 Å². The van der Waals surface area contributed by atoms with E-state index in [0.717, 1.165) is 61.5 Å². The molecule has 7 heteroatoms. The molecule has 0 aromatic heterocycles. The lowest BCUT2D eigenvalue weighted by Gasteiger charge is -2.34. The number of unbranched alkanes of at least 4 members (excludes halogenated alkanes) is 1. The second kappa shape index (κ2) is 18.2. The molecule has 0 rings (SSSR count). The van der Waals surface area contributed by atoms with Gasteiger partial charge in [0.1, 0.15) is 0 Å². The van der Waals surface area contributed by atoms with Crippen molar-refractivity contribution >= 4 is 62.4 Å². The van der Waals surface area contributed by atoms with Crippen molar-refractivity contribution in [1.29, 1.82) is 0 Å². The fourth-order valence-corrected chi connectivity index (χ4v) is 6.35. The molecular formula is C21H38O3S4. The Morgan fingerprint density at radius 3 is 1.36 bits per heavy atom. The smallest absolute Gasteiger partial charge is 0.185 e. The Labute approximate surface area is 189 Å². The minimum Gasteiger partial charge on any atom is -0.288 e. The summed E-state index contributed by atoms with van der Waals surface area (Å²) < 4.78 is 0. The molecule has 0 heterocycles. The van der Waals surface area contributed by atoms with E-state index in [1.165, 1.54) is 53.9 Å². The van der Waals surface area contributed by atoms with Crippen LogP contribution in [0.3, 0.4) is 0 Å². The van der Waals surface area contributed by atoms with Crippen LogP contribution in [0, 0.1) is 5.41 Å². The summed E-state index contributed by atoms with van der Waals surface area (Å²) in [6.45, 7) is 7.13. The number of carbonyl (C=O) groups excluding carboxylic acids is 3. The molecule has 0 aliphatic heterocycles. The lowest BCUT2D eigenvalue weighted by atomic mass is 9.77. The fraction of sp³-hybridized carbons (Fsp3) is 0.857. The summed E-state index contributed by atoms with van der Waals surface area (Å²) in [6.07, 6.45) is 9.02. The molecule has 0 aromatic rings. The monoisotopic (exact) mass is 466 g/mol. The van der Waals surface area contributed by atoms with Crippen molar-refractivity contribution in [3.63, 3.8) is 0 Å². The van der Waals surface area contributed by atoms with E-state index in [1.54, 1.807) is 20.8 Å². The molecule has 164 valence electrons. The first-order valence-corrected chi connectivity index (χ1v) is 14.4. The van der Waals surface area contributed by atoms with Crippen LogP contribution in [0.4, 0.5) is 0 Å². The Balaban J connectivity index is 4.86. The quantitative estimate of drug-likeness (QED) is 0.221. The number of hydrogen-bond donors (Lipinski definition) is 0. The first-order chi connectivity index (χ1) is 13.3. The van der Waals surface area contributed by atoms with Gasteiger partial charge in [-0.05, 0) is 61.9 Å². The Morgan fingerprint density at radius 2 is 1.04 bits per heavy atom. The van der Waals surface area contributed by atoms with Crippen molar-refractivity contribution in [3.8, 4) is 0 Å². The molecule has 0 saturated carbocycles. The molecule has 0 fully saturated rings. The summed E-state index contributed by atoms with van der Waals surface area (Å²) in [6, 6.07) is 0. The zero-order valence-electron chi connectivity index (χ0n) is 18.1. The molecule has 0 unspecified atom stereocenters. The van der Waals surface area contributed by atoms with Crippen LogP contribution < -0.4 is 0 Å². The number of carbonyl (C=O) groups is 3. The molecule has 0 saturated heterocycles. The third kappa shape index (κ3) is 17.3. The molecule has 0 aliphatic rings. The Kier molecular flexibility index (Phi) is 18.5. The number of hydrogen-bond acceptors (Lipinski definition) is 7. The summed E-state index contributed by atoms with van der Waals surface area (Å²) in [5, 5.41) is 0.580. The molecule has 28 heavy (non-hydrogen) atoms. The van der Waals surface area contributed by atoms with Gasteiger partial charge in [0.15, 0.2) is 15.3 Å². The zero-order valence-corrected chi connectivity index (χ0v) is 21.3. The van der Waals surface area contributed by atoms with E-state index >= 15 is 0 Å². The summed E-state index contributed by atoms with van der Waals surface area (Å²) in [5.74, 6) is 5.02. The SMILES string of the molecule is CCCCSCC(CCCSC(C)=O)(CCCSC(C)=O)CCCSC(C)=O. The van der Waals surface area contributed by atoms with E-state index in [0.29, 0.717) is 0 Å². The Morgan fingerprint density at radius 1 is 0.643 bits per heavy atom. The Bertz CT molecular complexity index is 400. The number of rotatable bonds is 17. The third-order valence-corrected chi connectivity index (χ3v) is 8.61. The highest BCUT2D eigenvalue weighted by atomic mass is 32.2. The van der Waals surface area contributed by atoms with Crippen LogP contribution in [0.2, 0.25) is 0 Å². The largest absolute Gasteiger partial charge is 0.288 e. The lowest BCUT2D eigenvalue weighted by molar-refractivity contribution is -0.109. The highest BCUT2D eigenvalue weighted by Gasteiger charge is 2.29. The van der Waals surface area contributed by atoms with Gasteiger partial charge in [0.25, 0.3) is 0 Å². The highest BCUT2D eigenvalue weighted by Crippen LogP contribution is 2.40. The molecule has 0 aliphatic carbocycles. The molecule has 0 atom stereocenters. The second-order valence-electron chi connectivity index (χ2n) is 7.24. The number of thioether (sulfide) groups is 4. The van der Waals surface area contributed by atoms with Crippen molar-refractivity contribution in [2.45, 2.75) is 79.1 Å². The normalized spacial score (nSPS) is 11.6. The standard InChI is InChI=1S/C21H38O3S4/c1-5-6-13-25-17-21(10-7-14-26-18(2)22,11-8-15-27-19(3)23)12-9-16-28-20(4)24/h5-17H2,1-4H3. The van der Waals surface area contributed by atoms with Gasteiger partial charge in [-0.1, -0.05) is 48.6 Å². The van der Waals surface area contributed by atoms with E-state index in [2.05, 4.69) is 18.7 Å². The average molecular weight is 467 g/mol. The van der Waals surface area contributed by atoms with Gasteiger partial charge in [-0.25, -0.2) is 0 Å². The summed E-state index contributed by atoms with van der Waals surface area (Å²) in [7, 11) is 0.